The minimum absolute atomic E-state index is 0. The van der Waals surface area contributed by atoms with Gasteiger partial charge in [-0.25, -0.2) is 0 Å². The zero-order valence-corrected chi connectivity index (χ0v) is 15.3. The number of nitrogens with one attached hydrogen (secondary N) is 2. The summed E-state index contributed by atoms with van der Waals surface area (Å²) >= 11 is 0. The van der Waals surface area contributed by atoms with Gasteiger partial charge < -0.3 is 15.5 Å². The number of hydrogen-bond acceptors (Lipinski definition) is 3. The molecule has 2 atom stereocenters. The van der Waals surface area contributed by atoms with E-state index in [1.165, 1.54) is 0 Å². The molecule has 24 heavy (non-hydrogen) atoms. The van der Waals surface area contributed by atoms with E-state index < -0.39 is 0 Å². The SMILES string of the molecule is CC(=O)N(CCC(=O)NC1CNCCC1C)Cc1ccccc1.Cl. The summed E-state index contributed by atoms with van der Waals surface area (Å²) in [6.45, 7) is 6.56. The molecular formula is C18H28ClN3O2. The van der Waals surface area contributed by atoms with Crippen LogP contribution in [0, 0.1) is 5.92 Å². The average molecular weight is 354 g/mol. The predicted octanol–water partition coefficient (Wildman–Crippen LogP) is 1.96. The van der Waals surface area contributed by atoms with Gasteiger partial charge in [-0.05, 0) is 24.4 Å². The smallest absolute Gasteiger partial charge is 0.222 e. The molecule has 1 saturated heterocycles. The largest absolute Gasteiger partial charge is 0.352 e. The fourth-order valence-corrected chi connectivity index (χ4v) is 2.85. The highest BCUT2D eigenvalue weighted by atomic mass is 35.5. The molecule has 2 unspecified atom stereocenters. The molecule has 134 valence electrons. The van der Waals surface area contributed by atoms with Crippen LogP contribution in [0.2, 0.25) is 0 Å². The third-order valence-corrected chi connectivity index (χ3v) is 4.44. The van der Waals surface area contributed by atoms with E-state index >= 15 is 0 Å². The Kier molecular flexibility index (Phi) is 8.79. The lowest BCUT2D eigenvalue weighted by Gasteiger charge is -2.30. The highest BCUT2D eigenvalue weighted by Crippen LogP contribution is 2.11. The number of halogens is 1. The van der Waals surface area contributed by atoms with Crippen LogP contribution in [0.1, 0.15) is 32.3 Å². The van der Waals surface area contributed by atoms with Crippen molar-refractivity contribution in [3.05, 3.63) is 35.9 Å². The number of nitrogens with zero attached hydrogens (tertiary/aromatic N) is 1. The Morgan fingerprint density at radius 2 is 2.00 bits per heavy atom. The molecule has 0 aliphatic carbocycles. The van der Waals surface area contributed by atoms with E-state index in [-0.39, 0.29) is 30.3 Å². The monoisotopic (exact) mass is 353 g/mol. The van der Waals surface area contributed by atoms with Crippen molar-refractivity contribution in [1.29, 1.82) is 0 Å². The summed E-state index contributed by atoms with van der Waals surface area (Å²) in [6.07, 6.45) is 1.42. The van der Waals surface area contributed by atoms with Gasteiger partial charge >= 0.3 is 0 Å². The summed E-state index contributed by atoms with van der Waals surface area (Å²) in [7, 11) is 0. The molecule has 1 aliphatic heterocycles. The Morgan fingerprint density at radius 1 is 1.29 bits per heavy atom. The first-order valence-electron chi connectivity index (χ1n) is 8.36. The molecule has 6 heteroatoms. The number of benzene rings is 1. The van der Waals surface area contributed by atoms with Gasteiger partial charge in [0.2, 0.25) is 11.8 Å². The number of amides is 2. The third-order valence-electron chi connectivity index (χ3n) is 4.44. The van der Waals surface area contributed by atoms with E-state index in [1.807, 2.05) is 30.3 Å². The second-order valence-electron chi connectivity index (χ2n) is 6.32. The van der Waals surface area contributed by atoms with Crippen molar-refractivity contribution < 1.29 is 9.59 Å². The summed E-state index contributed by atoms with van der Waals surface area (Å²) in [6, 6.07) is 10.0. The maximum atomic E-state index is 12.2. The van der Waals surface area contributed by atoms with Crippen molar-refractivity contribution in [1.82, 2.24) is 15.5 Å². The highest BCUT2D eigenvalue weighted by Gasteiger charge is 2.22. The zero-order chi connectivity index (χ0) is 16.7. The van der Waals surface area contributed by atoms with Crippen LogP contribution in [0.3, 0.4) is 0 Å². The summed E-state index contributed by atoms with van der Waals surface area (Å²) < 4.78 is 0. The summed E-state index contributed by atoms with van der Waals surface area (Å²) in [5, 5.41) is 6.39. The number of piperidine rings is 1. The molecule has 2 N–H and O–H groups in total. The molecule has 1 fully saturated rings. The maximum absolute atomic E-state index is 12.2. The summed E-state index contributed by atoms with van der Waals surface area (Å²) in [4.78, 5) is 25.7. The Bertz CT molecular complexity index is 524. The van der Waals surface area contributed by atoms with Gasteiger partial charge in [-0.3, -0.25) is 9.59 Å². The lowest BCUT2D eigenvalue weighted by molar-refractivity contribution is -0.130. The molecule has 5 nitrogen and oxygen atoms in total. The number of carbonyl (C=O) groups is 2. The van der Waals surface area contributed by atoms with Gasteiger partial charge in [0.15, 0.2) is 0 Å². The molecule has 0 spiro atoms. The van der Waals surface area contributed by atoms with Gasteiger partial charge in [0, 0.05) is 39.0 Å². The van der Waals surface area contributed by atoms with Crippen LogP contribution in [0.15, 0.2) is 30.3 Å². The van der Waals surface area contributed by atoms with Gasteiger partial charge in [-0.15, -0.1) is 12.4 Å². The average Bonchev–Trinajstić information content (AvgIpc) is 2.54. The Balaban J connectivity index is 0.00000288. The molecule has 1 aliphatic rings. The van der Waals surface area contributed by atoms with Gasteiger partial charge in [-0.1, -0.05) is 37.3 Å². The molecule has 0 bridgehead atoms. The van der Waals surface area contributed by atoms with Crippen LogP contribution >= 0.6 is 12.4 Å². The maximum Gasteiger partial charge on any atom is 0.222 e. The molecule has 1 aromatic carbocycles. The van der Waals surface area contributed by atoms with Crippen LogP contribution in [0.25, 0.3) is 0 Å². The Hall–Kier alpha value is -1.59. The van der Waals surface area contributed by atoms with Crippen molar-refractivity contribution in [2.45, 2.75) is 39.3 Å². The molecule has 0 aromatic heterocycles. The normalized spacial score (nSPS) is 19.9. The Labute approximate surface area is 150 Å². The lowest BCUT2D eigenvalue weighted by atomic mass is 9.95. The van der Waals surface area contributed by atoms with E-state index in [4.69, 9.17) is 0 Å². The highest BCUT2D eigenvalue weighted by molar-refractivity contribution is 5.85. The molecule has 1 heterocycles. The fraction of sp³-hybridized carbons (Fsp3) is 0.556. The molecule has 2 rings (SSSR count). The second kappa shape index (κ2) is 10.3. The first-order valence-corrected chi connectivity index (χ1v) is 8.36. The minimum Gasteiger partial charge on any atom is -0.352 e. The van der Waals surface area contributed by atoms with Crippen molar-refractivity contribution in [2.75, 3.05) is 19.6 Å². The minimum atomic E-state index is -0.00523. The quantitative estimate of drug-likeness (QED) is 0.821. The standard InChI is InChI=1S/C18H27N3O2.ClH/c1-14-8-10-19-12-17(14)20-18(23)9-11-21(15(2)22)13-16-6-4-3-5-7-16;/h3-7,14,17,19H,8-13H2,1-2H3,(H,20,23);1H. The topological polar surface area (TPSA) is 61.4 Å². The van der Waals surface area contributed by atoms with Crippen molar-refractivity contribution in [2.24, 2.45) is 5.92 Å². The van der Waals surface area contributed by atoms with E-state index in [1.54, 1.807) is 11.8 Å². The summed E-state index contributed by atoms with van der Waals surface area (Å²) in [5.74, 6) is 0.507. The first kappa shape index (κ1) is 20.5. The second-order valence-corrected chi connectivity index (χ2v) is 6.32. The number of rotatable bonds is 6. The summed E-state index contributed by atoms with van der Waals surface area (Å²) in [5.41, 5.74) is 1.08. The number of hydrogen-bond donors (Lipinski definition) is 2. The molecular weight excluding hydrogens is 326 g/mol. The van der Waals surface area contributed by atoms with E-state index in [0.29, 0.717) is 25.4 Å². The molecule has 1 aromatic rings. The third kappa shape index (κ3) is 6.49. The molecule has 0 saturated carbocycles. The van der Waals surface area contributed by atoms with Crippen LogP contribution < -0.4 is 10.6 Å². The first-order chi connectivity index (χ1) is 11.1. The number of carbonyl (C=O) groups excluding carboxylic acids is 2. The van der Waals surface area contributed by atoms with Crippen LogP contribution in [0.5, 0.6) is 0 Å². The fourth-order valence-electron chi connectivity index (χ4n) is 2.85. The van der Waals surface area contributed by atoms with Gasteiger partial charge in [0.25, 0.3) is 0 Å². The predicted molar refractivity (Wildman–Crippen MR) is 98.0 cm³/mol. The van der Waals surface area contributed by atoms with Gasteiger partial charge in [0.05, 0.1) is 0 Å². The lowest BCUT2D eigenvalue weighted by Crippen LogP contribution is -2.50. The Morgan fingerprint density at radius 3 is 2.62 bits per heavy atom. The van der Waals surface area contributed by atoms with Crippen molar-refractivity contribution in [3.8, 4) is 0 Å². The van der Waals surface area contributed by atoms with Gasteiger partial charge in [-0.2, -0.15) is 0 Å². The van der Waals surface area contributed by atoms with E-state index in [9.17, 15) is 9.59 Å². The van der Waals surface area contributed by atoms with Crippen molar-refractivity contribution >= 4 is 24.2 Å². The zero-order valence-electron chi connectivity index (χ0n) is 14.5. The van der Waals surface area contributed by atoms with Crippen LogP contribution in [-0.4, -0.2) is 42.4 Å². The molecule has 0 radical (unpaired) electrons. The van der Waals surface area contributed by atoms with E-state index in [0.717, 1.165) is 25.1 Å². The van der Waals surface area contributed by atoms with Gasteiger partial charge in [0.1, 0.15) is 0 Å². The van der Waals surface area contributed by atoms with E-state index in [2.05, 4.69) is 17.6 Å². The molecule has 2 amide bonds. The van der Waals surface area contributed by atoms with Crippen molar-refractivity contribution in [3.63, 3.8) is 0 Å². The van der Waals surface area contributed by atoms with Crippen LogP contribution in [-0.2, 0) is 16.1 Å². The van der Waals surface area contributed by atoms with Crippen LogP contribution in [0.4, 0.5) is 0 Å².